The Morgan fingerprint density at radius 1 is 1.04 bits per heavy atom. The summed E-state index contributed by atoms with van der Waals surface area (Å²) in [5.41, 5.74) is 6.81. The van der Waals surface area contributed by atoms with Crippen LogP contribution in [0.2, 0.25) is 0 Å². The van der Waals surface area contributed by atoms with Crippen LogP contribution in [0.3, 0.4) is 0 Å². The number of ether oxygens (including phenoxy) is 1. The molecule has 0 aliphatic rings. The number of carbonyl (C=O) groups is 3. The first-order chi connectivity index (χ1) is 12.0. The highest BCUT2D eigenvalue weighted by Gasteiger charge is 2.14. The number of esters is 1. The van der Waals surface area contributed by atoms with Crippen LogP contribution in [0.1, 0.15) is 15.9 Å². The first kappa shape index (κ1) is 18.0. The maximum atomic E-state index is 12.1. The number of rotatable bonds is 6. The average molecular weight is 341 g/mol. The second-order valence-electron chi connectivity index (χ2n) is 5.28. The summed E-state index contributed by atoms with van der Waals surface area (Å²) in [6.45, 7) is -0.0831. The maximum Gasteiger partial charge on any atom is 0.338 e. The number of para-hydroxylation sites is 1. The number of urea groups is 1. The molecule has 0 saturated heterocycles. The number of hydrogen-bond acceptors (Lipinski definition) is 4. The highest BCUT2D eigenvalue weighted by atomic mass is 16.5. The van der Waals surface area contributed by atoms with Crippen molar-refractivity contribution in [1.82, 2.24) is 5.32 Å². The molecule has 0 unspecified atom stereocenters. The van der Waals surface area contributed by atoms with E-state index >= 15 is 0 Å². The Labute approximate surface area is 145 Å². The second-order valence-corrected chi connectivity index (χ2v) is 5.28. The van der Waals surface area contributed by atoms with E-state index in [0.29, 0.717) is 5.56 Å². The van der Waals surface area contributed by atoms with Crippen LogP contribution < -0.4 is 16.0 Å². The van der Waals surface area contributed by atoms with E-state index < -0.39 is 12.0 Å². The molecule has 0 atom stereocenters. The number of amides is 3. The normalized spacial score (nSPS) is 9.96. The van der Waals surface area contributed by atoms with Gasteiger partial charge in [0.1, 0.15) is 0 Å². The Balaban J connectivity index is 1.87. The van der Waals surface area contributed by atoms with Crippen molar-refractivity contribution < 1.29 is 19.1 Å². The number of hydrogen-bond donors (Lipinski definition) is 2. The van der Waals surface area contributed by atoms with Gasteiger partial charge < -0.3 is 20.7 Å². The van der Waals surface area contributed by atoms with Crippen molar-refractivity contribution in [3.05, 3.63) is 65.7 Å². The molecule has 3 N–H and O–H groups in total. The number of carbonyl (C=O) groups excluding carboxylic acids is 3. The largest absolute Gasteiger partial charge is 0.452 e. The van der Waals surface area contributed by atoms with Crippen LogP contribution in [0.25, 0.3) is 0 Å². The van der Waals surface area contributed by atoms with Crippen molar-refractivity contribution in [1.29, 1.82) is 0 Å². The summed E-state index contributed by atoms with van der Waals surface area (Å²) in [5, 5.41) is 2.45. The van der Waals surface area contributed by atoms with Gasteiger partial charge in [-0.1, -0.05) is 30.3 Å². The molecule has 2 rings (SSSR count). The van der Waals surface area contributed by atoms with Crippen molar-refractivity contribution in [3.8, 4) is 0 Å². The van der Waals surface area contributed by atoms with Gasteiger partial charge in [0.25, 0.3) is 5.91 Å². The van der Waals surface area contributed by atoms with Crippen LogP contribution in [-0.4, -0.2) is 31.6 Å². The van der Waals surface area contributed by atoms with Gasteiger partial charge in [-0.05, 0) is 29.8 Å². The smallest absolute Gasteiger partial charge is 0.338 e. The predicted octanol–water partition coefficient (Wildman–Crippen LogP) is 1.67. The number of benzene rings is 2. The van der Waals surface area contributed by atoms with E-state index in [1.54, 1.807) is 43.4 Å². The van der Waals surface area contributed by atoms with E-state index in [1.807, 2.05) is 18.2 Å². The minimum absolute atomic E-state index is 0.269. The zero-order chi connectivity index (χ0) is 18.2. The van der Waals surface area contributed by atoms with Crippen LogP contribution in [0.5, 0.6) is 0 Å². The number of likely N-dealkylation sites (N-methyl/N-ethyl adjacent to an activating group) is 1. The number of nitrogens with two attached hydrogens (primary N) is 1. The number of primary amides is 1. The Hall–Kier alpha value is -3.35. The summed E-state index contributed by atoms with van der Waals surface area (Å²) in [6, 6.07) is 14.9. The molecule has 0 aromatic heterocycles. The highest BCUT2D eigenvalue weighted by molar-refractivity contribution is 5.96. The molecule has 2 aromatic rings. The van der Waals surface area contributed by atoms with Gasteiger partial charge in [0.2, 0.25) is 0 Å². The van der Waals surface area contributed by atoms with Gasteiger partial charge in [0, 0.05) is 19.3 Å². The first-order valence-corrected chi connectivity index (χ1v) is 7.58. The van der Waals surface area contributed by atoms with E-state index in [-0.39, 0.29) is 19.1 Å². The molecule has 0 radical (unpaired) electrons. The van der Waals surface area contributed by atoms with Crippen molar-refractivity contribution in [2.45, 2.75) is 6.54 Å². The van der Waals surface area contributed by atoms with Crippen LogP contribution in [-0.2, 0) is 16.1 Å². The monoisotopic (exact) mass is 341 g/mol. The van der Waals surface area contributed by atoms with E-state index in [9.17, 15) is 14.4 Å². The molecule has 0 fully saturated rings. The summed E-state index contributed by atoms with van der Waals surface area (Å²) in [7, 11) is 1.62. The van der Waals surface area contributed by atoms with Gasteiger partial charge in [-0.3, -0.25) is 4.79 Å². The molecule has 0 aliphatic heterocycles. The number of anilines is 1. The lowest BCUT2D eigenvalue weighted by Gasteiger charge is -2.17. The molecule has 2 aromatic carbocycles. The zero-order valence-corrected chi connectivity index (χ0v) is 13.8. The van der Waals surface area contributed by atoms with Crippen LogP contribution in [0, 0.1) is 0 Å². The van der Waals surface area contributed by atoms with Crippen molar-refractivity contribution in [2.75, 3.05) is 18.6 Å². The average Bonchev–Trinajstić information content (AvgIpc) is 2.64. The number of nitrogens with one attached hydrogen (secondary N) is 1. The van der Waals surface area contributed by atoms with Crippen molar-refractivity contribution >= 4 is 23.6 Å². The molecule has 0 heterocycles. The van der Waals surface area contributed by atoms with Crippen LogP contribution >= 0.6 is 0 Å². The fourth-order valence-corrected chi connectivity index (χ4v) is 2.05. The third-order valence-corrected chi connectivity index (χ3v) is 3.50. The van der Waals surface area contributed by atoms with Gasteiger partial charge in [-0.2, -0.15) is 0 Å². The quantitative estimate of drug-likeness (QED) is 0.780. The Bertz CT molecular complexity index is 745. The van der Waals surface area contributed by atoms with Crippen LogP contribution in [0.15, 0.2) is 54.6 Å². The summed E-state index contributed by atoms with van der Waals surface area (Å²) < 4.78 is 5.05. The third kappa shape index (κ3) is 5.35. The molecule has 0 bridgehead atoms. The van der Waals surface area contributed by atoms with Gasteiger partial charge in [0.05, 0.1) is 5.56 Å². The molecule has 25 heavy (non-hydrogen) atoms. The Kier molecular flexibility index (Phi) is 6.11. The predicted molar refractivity (Wildman–Crippen MR) is 93.0 cm³/mol. The molecule has 130 valence electrons. The van der Waals surface area contributed by atoms with E-state index in [4.69, 9.17) is 10.5 Å². The topological polar surface area (TPSA) is 102 Å². The second kappa shape index (κ2) is 8.49. The summed E-state index contributed by atoms with van der Waals surface area (Å²) in [6.07, 6.45) is 0. The lowest BCUT2D eigenvalue weighted by Crippen LogP contribution is -2.31. The lowest BCUT2D eigenvalue weighted by molar-refractivity contribution is -0.121. The first-order valence-electron chi connectivity index (χ1n) is 7.58. The van der Waals surface area contributed by atoms with Gasteiger partial charge in [-0.25, -0.2) is 9.59 Å². The van der Waals surface area contributed by atoms with E-state index in [2.05, 4.69) is 5.32 Å². The van der Waals surface area contributed by atoms with E-state index in [0.717, 1.165) is 11.3 Å². The molecular formula is C18H19N3O4. The highest BCUT2D eigenvalue weighted by Crippen LogP contribution is 2.11. The molecule has 0 spiro atoms. The van der Waals surface area contributed by atoms with Gasteiger partial charge in [0.15, 0.2) is 6.61 Å². The number of nitrogens with zero attached hydrogens (tertiary/aromatic N) is 1. The molecule has 3 amide bonds. The van der Waals surface area contributed by atoms with Gasteiger partial charge in [-0.15, -0.1) is 0 Å². The Morgan fingerprint density at radius 3 is 2.28 bits per heavy atom. The molecular weight excluding hydrogens is 322 g/mol. The molecule has 7 nitrogen and oxygen atoms in total. The lowest BCUT2D eigenvalue weighted by atomic mass is 10.1. The standard InChI is InChI=1S/C18H19N3O4/c1-21(15-5-3-2-4-6-15)16(22)12-25-17(23)14-9-7-13(8-10-14)11-20-18(19)24/h2-10H,11-12H2,1H3,(H3,19,20,24). The van der Waals surface area contributed by atoms with Crippen LogP contribution in [0.4, 0.5) is 10.5 Å². The zero-order valence-electron chi connectivity index (χ0n) is 13.8. The van der Waals surface area contributed by atoms with Crippen molar-refractivity contribution in [2.24, 2.45) is 5.73 Å². The van der Waals surface area contributed by atoms with Gasteiger partial charge >= 0.3 is 12.0 Å². The SMILES string of the molecule is CN(C(=O)COC(=O)c1ccc(CNC(N)=O)cc1)c1ccccc1. The van der Waals surface area contributed by atoms with Crippen molar-refractivity contribution in [3.63, 3.8) is 0 Å². The molecule has 0 saturated carbocycles. The summed E-state index contributed by atoms with van der Waals surface area (Å²) in [4.78, 5) is 36.2. The minimum Gasteiger partial charge on any atom is -0.452 e. The molecule has 0 aliphatic carbocycles. The third-order valence-electron chi connectivity index (χ3n) is 3.50. The molecule has 7 heteroatoms. The minimum atomic E-state index is -0.621. The fraction of sp³-hybridized carbons (Fsp3) is 0.167. The van der Waals surface area contributed by atoms with E-state index in [1.165, 1.54) is 4.90 Å². The Morgan fingerprint density at radius 2 is 1.68 bits per heavy atom. The summed E-state index contributed by atoms with van der Waals surface area (Å²) >= 11 is 0. The fourth-order valence-electron chi connectivity index (χ4n) is 2.05. The maximum absolute atomic E-state index is 12.1. The summed E-state index contributed by atoms with van der Waals surface area (Å²) in [5.74, 6) is -0.925.